The Morgan fingerprint density at radius 3 is 2.60 bits per heavy atom. The molecule has 0 spiro atoms. The van der Waals surface area contributed by atoms with E-state index in [0.717, 1.165) is 21.3 Å². The molecule has 0 radical (unpaired) electrons. The van der Waals surface area contributed by atoms with Crippen LogP contribution < -0.4 is 5.32 Å². The third-order valence-electron chi connectivity index (χ3n) is 2.15. The Balaban J connectivity index is 2.36. The van der Waals surface area contributed by atoms with E-state index >= 15 is 0 Å². The minimum atomic E-state index is 0.560. The molecule has 1 N–H and O–H groups in total. The zero-order valence-corrected chi connectivity index (χ0v) is 12.5. The minimum absolute atomic E-state index is 0.560. The van der Waals surface area contributed by atoms with Gasteiger partial charge in [-0.3, -0.25) is 0 Å². The maximum absolute atomic E-state index is 5.97. The molecule has 1 heterocycles. The van der Waals surface area contributed by atoms with E-state index in [1.165, 1.54) is 11.3 Å². The van der Waals surface area contributed by atoms with Crippen LogP contribution in [0.25, 0.3) is 0 Å². The van der Waals surface area contributed by atoms with Crippen LogP contribution >= 0.6 is 38.9 Å². The van der Waals surface area contributed by atoms with Gasteiger partial charge in [0.05, 0.1) is 0 Å². The maximum Gasteiger partial charge on any atom is 0.107 e. The number of hydrogen-bond acceptors (Lipinski definition) is 2. The van der Waals surface area contributed by atoms with Gasteiger partial charge >= 0.3 is 0 Å². The van der Waals surface area contributed by atoms with Crippen molar-refractivity contribution in [2.45, 2.75) is 39.8 Å². The van der Waals surface area contributed by atoms with Crippen LogP contribution in [-0.4, -0.2) is 6.04 Å². The molecule has 0 amide bonds. The molecule has 15 heavy (non-hydrogen) atoms. The fraction of sp³-hybridized carbons (Fsp3) is 0.636. The lowest BCUT2D eigenvalue weighted by molar-refractivity contribution is 0.443. The first-order valence-electron chi connectivity index (χ1n) is 5.16. The molecule has 0 aliphatic rings. The molecule has 0 fully saturated rings. The highest BCUT2D eigenvalue weighted by molar-refractivity contribution is 9.10. The minimum Gasteiger partial charge on any atom is -0.309 e. The van der Waals surface area contributed by atoms with Crippen molar-refractivity contribution in [3.8, 4) is 0 Å². The smallest absolute Gasteiger partial charge is 0.107 e. The Bertz CT molecular complexity index is 292. The van der Waals surface area contributed by atoms with Crippen LogP contribution in [-0.2, 0) is 6.54 Å². The Labute approximate surface area is 109 Å². The van der Waals surface area contributed by atoms with Gasteiger partial charge in [0.25, 0.3) is 0 Å². The summed E-state index contributed by atoms with van der Waals surface area (Å²) in [5.74, 6) is 0.742. The highest BCUT2D eigenvalue weighted by atomic mass is 79.9. The monoisotopic (exact) mass is 309 g/mol. The van der Waals surface area contributed by atoms with Crippen LogP contribution in [0, 0.1) is 5.92 Å². The summed E-state index contributed by atoms with van der Waals surface area (Å²) in [6.45, 7) is 7.63. The maximum atomic E-state index is 5.97. The summed E-state index contributed by atoms with van der Waals surface area (Å²) in [4.78, 5) is 1.28. The highest BCUT2D eigenvalue weighted by Crippen LogP contribution is 2.31. The Morgan fingerprint density at radius 2 is 2.13 bits per heavy atom. The molecule has 1 aromatic rings. The van der Waals surface area contributed by atoms with Gasteiger partial charge in [0.1, 0.15) is 4.34 Å². The van der Waals surface area contributed by atoms with Gasteiger partial charge < -0.3 is 5.32 Å². The van der Waals surface area contributed by atoms with E-state index in [2.05, 4.69) is 48.1 Å². The molecule has 1 nitrogen and oxygen atoms in total. The topological polar surface area (TPSA) is 12.0 Å². The predicted molar refractivity (Wildman–Crippen MR) is 72.8 cm³/mol. The number of nitrogens with one attached hydrogen (secondary N) is 1. The van der Waals surface area contributed by atoms with E-state index in [0.29, 0.717) is 6.04 Å². The van der Waals surface area contributed by atoms with Gasteiger partial charge in [-0.1, -0.05) is 25.4 Å². The first-order chi connectivity index (χ1) is 6.99. The summed E-state index contributed by atoms with van der Waals surface area (Å²) in [7, 11) is 0. The summed E-state index contributed by atoms with van der Waals surface area (Å²) in [5, 5.41) is 3.50. The van der Waals surface area contributed by atoms with E-state index < -0.39 is 0 Å². The molecule has 1 atom stereocenters. The third kappa shape index (κ3) is 4.85. The van der Waals surface area contributed by atoms with Crippen LogP contribution in [0.5, 0.6) is 0 Å². The molecular formula is C11H17BrClNS. The lowest BCUT2D eigenvalue weighted by atomic mass is 10.1. The van der Waals surface area contributed by atoms with E-state index in [1.807, 2.05) is 0 Å². The van der Waals surface area contributed by atoms with Gasteiger partial charge in [0.2, 0.25) is 0 Å². The number of rotatable bonds is 5. The molecule has 0 aliphatic carbocycles. The summed E-state index contributed by atoms with van der Waals surface area (Å²) in [6, 6.07) is 2.65. The van der Waals surface area contributed by atoms with Gasteiger partial charge in [-0.25, -0.2) is 0 Å². The van der Waals surface area contributed by atoms with Crippen molar-refractivity contribution in [3.05, 3.63) is 19.8 Å². The number of halogens is 2. The standard InChI is InChI=1S/C11H17BrClNS/c1-7(2)4-8(3)14-6-9-5-10(12)11(13)15-9/h5,7-8,14H,4,6H2,1-3H3. The Morgan fingerprint density at radius 1 is 1.47 bits per heavy atom. The van der Waals surface area contributed by atoms with Crippen LogP contribution in [0.3, 0.4) is 0 Å². The van der Waals surface area contributed by atoms with Gasteiger partial charge in [-0.05, 0) is 41.3 Å². The first-order valence-corrected chi connectivity index (χ1v) is 7.15. The van der Waals surface area contributed by atoms with Crippen LogP contribution in [0.1, 0.15) is 32.1 Å². The van der Waals surface area contributed by atoms with Crippen LogP contribution in [0.2, 0.25) is 4.34 Å². The summed E-state index contributed by atoms with van der Waals surface area (Å²) in [6.07, 6.45) is 1.21. The van der Waals surface area contributed by atoms with Gasteiger partial charge in [-0.2, -0.15) is 0 Å². The quantitative estimate of drug-likeness (QED) is 0.832. The molecule has 1 rings (SSSR count). The second-order valence-electron chi connectivity index (χ2n) is 4.25. The molecule has 0 saturated heterocycles. The van der Waals surface area contributed by atoms with E-state index in [-0.39, 0.29) is 0 Å². The van der Waals surface area contributed by atoms with Crippen molar-refractivity contribution < 1.29 is 0 Å². The Kier molecular flexibility index (Phi) is 5.61. The van der Waals surface area contributed by atoms with Crippen molar-refractivity contribution >= 4 is 38.9 Å². The molecule has 1 aromatic heterocycles. The van der Waals surface area contributed by atoms with Gasteiger partial charge in [0.15, 0.2) is 0 Å². The van der Waals surface area contributed by atoms with Crippen molar-refractivity contribution in [2.24, 2.45) is 5.92 Å². The average Bonchev–Trinajstić information content (AvgIpc) is 2.42. The summed E-state index contributed by atoms with van der Waals surface area (Å²) in [5.41, 5.74) is 0. The molecule has 4 heteroatoms. The summed E-state index contributed by atoms with van der Waals surface area (Å²) >= 11 is 11.0. The second kappa shape index (κ2) is 6.24. The van der Waals surface area contributed by atoms with Gasteiger partial charge in [-0.15, -0.1) is 11.3 Å². The molecular weight excluding hydrogens is 294 g/mol. The fourth-order valence-corrected chi connectivity index (χ4v) is 3.29. The highest BCUT2D eigenvalue weighted by Gasteiger charge is 2.07. The zero-order chi connectivity index (χ0) is 11.4. The predicted octanol–water partition coefficient (Wildman–Crippen LogP) is 4.69. The summed E-state index contributed by atoms with van der Waals surface area (Å²) < 4.78 is 1.84. The largest absolute Gasteiger partial charge is 0.309 e. The second-order valence-corrected chi connectivity index (χ2v) is 6.84. The van der Waals surface area contributed by atoms with E-state index in [9.17, 15) is 0 Å². The van der Waals surface area contributed by atoms with Gasteiger partial charge in [0, 0.05) is 21.9 Å². The SMILES string of the molecule is CC(C)CC(C)NCc1cc(Br)c(Cl)s1. The first kappa shape index (κ1) is 13.5. The normalized spacial score (nSPS) is 13.5. The number of hydrogen-bond donors (Lipinski definition) is 1. The molecule has 0 aromatic carbocycles. The third-order valence-corrected chi connectivity index (χ3v) is 4.62. The van der Waals surface area contributed by atoms with Crippen molar-refractivity contribution in [3.63, 3.8) is 0 Å². The van der Waals surface area contributed by atoms with Crippen molar-refractivity contribution in [2.75, 3.05) is 0 Å². The number of thiophene rings is 1. The van der Waals surface area contributed by atoms with Crippen LogP contribution in [0.4, 0.5) is 0 Å². The van der Waals surface area contributed by atoms with Crippen molar-refractivity contribution in [1.29, 1.82) is 0 Å². The Hall–Kier alpha value is 0.430. The fourth-order valence-electron chi connectivity index (χ4n) is 1.54. The van der Waals surface area contributed by atoms with E-state index in [4.69, 9.17) is 11.6 Å². The molecule has 1 unspecified atom stereocenters. The average molecular weight is 311 g/mol. The molecule has 86 valence electrons. The lowest BCUT2D eigenvalue weighted by Gasteiger charge is -2.14. The molecule has 0 saturated carbocycles. The lowest BCUT2D eigenvalue weighted by Crippen LogP contribution is -2.26. The zero-order valence-electron chi connectivity index (χ0n) is 9.31. The molecule has 0 bridgehead atoms. The van der Waals surface area contributed by atoms with Crippen LogP contribution in [0.15, 0.2) is 10.5 Å². The van der Waals surface area contributed by atoms with Crippen molar-refractivity contribution in [1.82, 2.24) is 5.32 Å². The van der Waals surface area contributed by atoms with E-state index in [1.54, 1.807) is 11.3 Å². The molecule has 0 aliphatic heterocycles.